The molecule has 1 aromatic rings. The molecule has 0 bridgehead atoms. The number of carbonyl (C=O) groups is 2. The molecule has 1 aromatic carbocycles. The fourth-order valence-corrected chi connectivity index (χ4v) is 2.39. The third-order valence-corrected chi connectivity index (χ3v) is 3.93. The van der Waals surface area contributed by atoms with Crippen LogP contribution in [0.2, 0.25) is 0 Å². The van der Waals surface area contributed by atoms with Crippen molar-refractivity contribution in [3.63, 3.8) is 0 Å². The van der Waals surface area contributed by atoms with Gasteiger partial charge in [0.15, 0.2) is 6.61 Å². The summed E-state index contributed by atoms with van der Waals surface area (Å²) in [5.74, 6) is -0.445. The number of likely N-dealkylation sites (tertiary alicyclic amines) is 1. The normalized spacial score (nSPS) is 15.3. The maximum atomic E-state index is 12.0. The van der Waals surface area contributed by atoms with Crippen molar-refractivity contribution in [2.75, 3.05) is 25.4 Å². The van der Waals surface area contributed by atoms with Gasteiger partial charge in [-0.2, -0.15) is 0 Å². The minimum atomic E-state index is -0.785. The molecule has 2 rings (SSSR count). The molecule has 1 aliphatic heterocycles. The Morgan fingerprint density at radius 1 is 1.39 bits per heavy atom. The third kappa shape index (κ3) is 4.18. The summed E-state index contributed by atoms with van der Waals surface area (Å²) in [6.07, 6.45) is 1.87. The van der Waals surface area contributed by atoms with E-state index in [0.29, 0.717) is 19.0 Å². The molecule has 23 heavy (non-hydrogen) atoms. The average molecular weight is 321 g/mol. The zero-order valence-electron chi connectivity index (χ0n) is 12.9. The van der Waals surface area contributed by atoms with Crippen molar-refractivity contribution in [1.82, 2.24) is 4.90 Å². The van der Waals surface area contributed by atoms with Crippen LogP contribution in [-0.2, 0) is 9.53 Å². The van der Waals surface area contributed by atoms with Crippen LogP contribution in [0.1, 0.15) is 30.1 Å². The molecule has 0 aliphatic carbocycles. The highest BCUT2D eigenvalue weighted by molar-refractivity contribution is 5.92. The molecule has 124 valence electrons. The van der Waals surface area contributed by atoms with Gasteiger partial charge in [0.25, 0.3) is 11.6 Å². The Kier molecular flexibility index (Phi) is 5.15. The van der Waals surface area contributed by atoms with E-state index in [2.05, 4.69) is 6.92 Å². The van der Waals surface area contributed by atoms with Crippen molar-refractivity contribution in [3.05, 3.63) is 33.9 Å². The van der Waals surface area contributed by atoms with E-state index in [1.54, 1.807) is 4.90 Å². The largest absolute Gasteiger partial charge is 0.452 e. The Bertz CT molecular complexity index is 624. The van der Waals surface area contributed by atoms with Crippen molar-refractivity contribution in [3.8, 4) is 0 Å². The van der Waals surface area contributed by atoms with Gasteiger partial charge < -0.3 is 15.4 Å². The van der Waals surface area contributed by atoms with Gasteiger partial charge in [-0.15, -0.1) is 0 Å². The molecule has 1 saturated heterocycles. The number of nitrogens with zero attached hydrogens (tertiary/aromatic N) is 2. The highest BCUT2D eigenvalue weighted by Crippen LogP contribution is 2.22. The second-order valence-corrected chi connectivity index (χ2v) is 5.67. The van der Waals surface area contributed by atoms with Crippen molar-refractivity contribution in [2.45, 2.75) is 19.8 Å². The minimum Gasteiger partial charge on any atom is -0.452 e. The van der Waals surface area contributed by atoms with Crippen molar-refractivity contribution in [2.24, 2.45) is 5.92 Å². The molecular weight excluding hydrogens is 302 g/mol. The third-order valence-electron chi connectivity index (χ3n) is 3.93. The Labute approximate surface area is 133 Å². The van der Waals surface area contributed by atoms with Crippen molar-refractivity contribution in [1.29, 1.82) is 0 Å². The van der Waals surface area contributed by atoms with E-state index in [1.807, 2.05) is 0 Å². The SMILES string of the molecule is CC1CCN(C(=O)COC(=O)c2ccc(N)c([N+](=O)[O-])c2)CC1. The Morgan fingerprint density at radius 2 is 2.04 bits per heavy atom. The zero-order valence-corrected chi connectivity index (χ0v) is 12.9. The molecular formula is C15H19N3O5. The van der Waals surface area contributed by atoms with Gasteiger partial charge in [-0.1, -0.05) is 6.92 Å². The molecule has 0 radical (unpaired) electrons. The fraction of sp³-hybridized carbons (Fsp3) is 0.467. The van der Waals surface area contributed by atoms with E-state index in [4.69, 9.17) is 10.5 Å². The Hall–Kier alpha value is -2.64. The number of hydrogen-bond acceptors (Lipinski definition) is 6. The maximum absolute atomic E-state index is 12.0. The number of rotatable bonds is 4. The molecule has 1 heterocycles. The quantitative estimate of drug-likeness (QED) is 0.389. The van der Waals surface area contributed by atoms with Gasteiger partial charge in [0.2, 0.25) is 0 Å². The first-order valence-corrected chi connectivity index (χ1v) is 7.37. The number of nitro benzene ring substituents is 1. The lowest BCUT2D eigenvalue weighted by molar-refractivity contribution is -0.383. The number of anilines is 1. The maximum Gasteiger partial charge on any atom is 0.338 e. The monoisotopic (exact) mass is 321 g/mol. The number of amides is 1. The lowest BCUT2D eigenvalue weighted by Crippen LogP contribution is -2.40. The molecule has 1 aliphatic rings. The number of piperidine rings is 1. The van der Waals surface area contributed by atoms with E-state index >= 15 is 0 Å². The molecule has 8 heteroatoms. The average Bonchev–Trinajstić information content (AvgIpc) is 2.53. The number of esters is 1. The summed E-state index contributed by atoms with van der Waals surface area (Å²) in [6, 6.07) is 3.64. The number of ether oxygens (including phenoxy) is 1. The van der Waals surface area contributed by atoms with Crippen LogP contribution < -0.4 is 5.73 Å². The molecule has 2 N–H and O–H groups in total. The zero-order chi connectivity index (χ0) is 17.0. The first kappa shape index (κ1) is 16.7. The van der Waals surface area contributed by atoms with Crippen LogP contribution in [0, 0.1) is 16.0 Å². The van der Waals surface area contributed by atoms with Gasteiger partial charge in [0.1, 0.15) is 5.69 Å². The van der Waals surface area contributed by atoms with E-state index in [0.717, 1.165) is 18.9 Å². The van der Waals surface area contributed by atoms with Crippen LogP contribution in [0.5, 0.6) is 0 Å². The van der Waals surface area contributed by atoms with Gasteiger partial charge in [-0.25, -0.2) is 4.79 Å². The number of hydrogen-bond donors (Lipinski definition) is 1. The van der Waals surface area contributed by atoms with Crippen LogP contribution in [0.4, 0.5) is 11.4 Å². The van der Waals surface area contributed by atoms with Crippen molar-refractivity contribution >= 4 is 23.3 Å². The number of benzene rings is 1. The van der Waals surface area contributed by atoms with Gasteiger partial charge in [-0.3, -0.25) is 14.9 Å². The summed E-state index contributed by atoms with van der Waals surface area (Å²) in [6.45, 7) is 3.08. The summed E-state index contributed by atoms with van der Waals surface area (Å²) < 4.78 is 4.95. The van der Waals surface area contributed by atoms with Crippen LogP contribution in [-0.4, -0.2) is 41.4 Å². The number of nitrogen functional groups attached to an aromatic ring is 1. The lowest BCUT2D eigenvalue weighted by Gasteiger charge is -2.30. The second kappa shape index (κ2) is 7.08. The minimum absolute atomic E-state index is 0.00836. The van der Waals surface area contributed by atoms with Gasteiger partial charge in [0, 0.05) is 19.2 Å². The molecule has 0 atom stereocenters. The fourth-order valence-electron chi connectivity index (χ4n) is 2.39. The molecule has 0 unspecified atom stereocenters. The Balaban J connectivity index is 1.93. The van der Waals surface area contributed by atoms with Gasteiger partial charge >= 0.3 is 5.97 Å². The smallest absolute Gasteiger partial charge is 0.338 e. The molecule has 0 saturated carbocycles. The summed E-state index contributed by atoms with van der Waals surface area (Å²) in [5.41, 5.74) is 5.06. The highest BCUT2D eigenvalue weighted by atomic mass is 16.6. The molecule has 1 amide bonds. The summed E-state index contributed by atoms with van der Waals surface area (Å²) in [5, 5.41) is 10.8. The van der Waals surface area contributed by atoms with E-state index in [9.17, 15) is 19.7 Å². The predicted octanol–water partition coefficient (Wildman–Crippen LogP) is 1.59. The topological polar surface area (TPSA) is 116 Å². The van der Waals surface area contributed by atoms with Crippen LogP contribution in [0.25, 0.3) is 0 Å². The Morgan fingerprint density at radius 3 is 2.65 bits per heavy atom. The standard InChI is InChI=1S/C15H19N3O5/c1-10-4-6-17(7-5-10)14(19)9-23-15(20)11-2-3-12(16)13(8-11)18(21)22/h2-3,8,10H,4-7,9,16H2,1H3. The van der Waals surface area contributed by atoms with Crippen LogP contribution in [0.15, 0.2) is 18.2 Å². The predicted molar refractivity (Wildman–Crippen MR) is 82.8 cm³/mol. The van der Waals surface area contributed by atoms with Gasteiger partial charge in [-0.05, 0) is 30.9 Å². The van der Waals surface area contributed by atoms with E-state index < -0.39 is 10.9 Å². The highest BCUT2D eigenvalue weighted by Gasteiger charge is 2.22. The molecule has 0 spiro atoms. The molecule has 1 fully saturated rings. The van der Waals surface area contributed by atoms with E-state index in [1.165, 1.54) is 12.1 Å². The number of carbonyl (C=O) groups excluding carboxylic acids is 2. The van der Waals surface area contributed by atoms with Gasteiger partial charge in [0.05, 0.1) is 10.5 Å². The first-order chi connectivity index (χ1) is 10.9. The summed E-state index contributed by atoms with van der Waals surface area (Å²) >= 11 is 0. The van der Waals surface area contributed by atoms with Crippen LogP contribution >= 0.6 is 0 Å². The van der Waals surface area contributed by atoms with Crippen molar-refractivity contribution < 1.29 is 19.2 Å². The lowest BCUT2D eigenvalue weighted by atomic mass is 9.99. The molecule has 8 nitrogen and oxygen atoms in total. The first-order valence-electron chi connectivity index (χ1n) is 7.37. The summed E-state index contributed by atoms with van der Waals surface area (Å²) in [4.78, 5) is 35.7. The summed E-state index contributed by atoms with van der Waals surface area (Å²) in [7, 11) is 0. The number of nitro groups is 1. The second-order valence-electron chi connectivity index (χ2n) is 5.67. The number of nitrogens with two attached hydrogens (primary N) is 1. The molecule has 0 aromatic heterocycles. The van der Waals surface area contributed by atoms with E-state index in [-0.39, 0.29) is 29.5 Å². The van der Waals surface area contributed by atoms with Crippen LogP contribution in [0.3, 0.4) is 0 Å².